The molecule has 0 aromatic heterocycles. The predicted octanol–water partition coefficient (Wildman–Crippen LogP) is 1.41. The van der Waals surface area contributed by atoms with Crippen LogP contribution in [0.2, 0.25) is 0 Å². The van der Waals surface area contributed by atoms with Crippen LogP contribution in [-0.2, 0) is 0 Å². The Labute approximate surface area is 80.0 Å². The van der Waals surface area contributed by atoms with E-state index in [1.807, 2.05) is 0 Å². The third kappa shape index (κ3) is 1.23. The Bertz CT molecular complexity index is 185. The Balaban J connectivity index is 2.23. The van der Waals surface area contributed by atoms with Gasteiger partial charge in [-0.25, -0.2) is 0 Å². The molecule has 76 valence electrons. The minimum Gasteiger partial charge on any atom is -0.396 e. The van der Waals surface area contributed by atoms with Gasteiger partial charge in [-0.05, 0) is 48.9 Å². The van der Waals surface area contributed by atoms with Crippen molar-refractivity contribution in [2.45, 2.75) is 32.6 Å². The summed E-state index contributed by atoms with van der Waals surface area (Å²) in [5, 5.41) is 18.8. The number of aliphatic hydroxyl groups is 2. The molecule has 13 heavy (non-hydrogen) atoms. The van der Waals surface area contributed by atoms with Crippen molar-refractivity contribution >= 4 is 0 Å². The summed E-state index contributed by atoms with van der Waals surface area (Å²) in [7, 11) is 0. The van der Waals surface area contributed by atoms with Crippen LogP contribution < -0.4 is 0 Å². The van der Waals surface area contributed by atoms with E-state index >= 15 is 0 Å². The number of rotatable bonds is 2. The standard InChI is InChI=1S/C11H20O2/c1-11(7-13)9-4-2-8(3-5-9)10(11)6-12/h8-10,12-13H,2-7H2,1H3/t8?,9?,10-,11-/m1/s1. The second kappa shape index (κ2) is 3.25. The molecule has 0 aliphatic heterocycles. The number of hydrogen-bond acceptors (Lipinski definition) is 2. The van der Waals surface area contributed by atoms with Gasteiger partial charge in [0, 0.05) is 13.2 Å². The van der Waals surface area contributed by atoms with Gasteiger partial charge in [0.25, 0.3) is 0 Å². The largest absolute Gasteiger partial charge is 0.396 e. The van der Waals surface area contributed by atoms with Crippen LogP contribution in [-0.4, -0.2) is 23.4 Å². The highest BCUT2D eigenvalue weighted by atomic mass is 16.3. The molecule has 3 aliphatic carbocycles. The van der Waals surface area contributed by atoms with Crippen molar-refractivity contribution in [2.24, 2.45) is 23.2 Å². The second-order valence-corrected chi connectivity index (χ2v) is 5.06. The topological polar surface area (TPSA) is 40.5 Å². The first kappa shape index (κ1) is 9.47. The third-order valence-corrected chi connectivity index (χ3v) is 4.66. The maximum Gasteiger partial charge on any atom is 0.0491 e. The van der Waals surface area contributed by atoms with Crippen molar-refractivity contribution in [3.63, 3.8) is 0 Å². The van der Waals surface area contributed by atoms with E-state index in [9.17, 15) is 10.2 Å². The van der Waals surface area contributed by atoms with Crippen molar-refractivity contribution < 1.29 is 10.2 Å². The van der Waals surface area contributed by atoms with E-state index in [0.29, 0.717) is 17.8 Å². The van der Waals surface area contributed by atoms with Gasteiger partial charge in [-0.15, -0.1) is 0 Å². The van der Waals surface area contributed by atoms with Gasteiger partial charge in [-0.3, -0.25) is 0 Å². The average Bonchev–Trinajstić information content (AvgIpc) is 2.19. The molecule has 3 fully saturated rings. The van der Waals surface area contributed by atoms with Gasteiger partial charge in [-0.1, -0.05) is 6.92 Å². The zero-order valence-corrected chi connectivity index (χ0v) is 8.37. The van der Waals surface area contributed by atoms with E-state index in [1.54, 1.807) is 0 Å². The van der Waals surface area contributed by atoms with Crippen LogP contribution >= 0.6 is 0 Å². The highest BCUT2D eigenvalue weighted by Crippen LogP contribution is 2.55. The molecule has 2 heteroatoms. The van der Waals surface area contributed by atoms with Crippen LogP contribution in [0.5, 0.6) is 0 Å². The molecule has 0 saturated heterocycles. The Morgan fingerprint density at radius 2 is 1.77 bits per heavy atom. The van der Waals surface area contributed by atoms with Gasteiger partial charge in [0.15, 0.2) is 0 Å². The fourth-order valence-electron chi connectivity index (χ4n) is 3.63. The van der Waals surface area contributed by atoms with Crippen LogP contribution in [0.4, 0.5) is 0 Å². The van der Waals surface area contributed by atoms with E-state index in [2.05, 4.69) is 6.92 Å². The van der Waals surface area contributed by atoms with Crippen LogP contribution in [0.15, 0.2) is 0 Å². The highest BCUT2D eigenvalue weighted by Gasteiger charge is 2.50. The summed E-state index contributed by atoms with van der Waals surface area (Å²) in [6.45, 7) is 2.67. The normalized spacial score (nSPS) is 49.6. The SMILES string of the molecule is C[C@@]1(CO)C2CCC(CC2)[C@H]1CO. The summed E-state index contributed by atoms with van der Waals surface area (Å²) in [6.07, 6.45) is 5.06. The molecule has 3 saturated carbocycles. The molecule has 2 bridgehead atoms. The molecule has 0 aromatic rings. The summed E-state index contributed by atoms with van der Waals surface area (Å²) in [4.78, 5) is 0. The molecule has 3 rings (SSSR count). The van der Waals surface area contributed by atoms with Crippen molar-refractivity contribution in [1.82, 2.24) is 0 Å². The number of aliphatic hydroxyl groups excluding tert-OH is 2. The van der Waals surface area contributed by atoms with Crippen LogP contribution in [0.3, 0.4) is 0 Å². The van der Waals surface area contributed by atoms with Gasteiger partial charge in [0.1, 0.15) is 0 Å². The van der Waals surface area contributed by atoms with E-state index < -0.39 is 0 Å². The molecular formula is C11H20O2. The fourth-order valence-corrected chi connectivity index (χ4v) is 3.63. The Morgan fingerprint density at radius 3 is 2.15 bits per heavy atom. The zero-order valence-electron chi connectivity index (χ0n) is 8.37. The first-order valence-corrected chi connectivity index (χ1v) is 5.44. The van der Waals surface area contributed by atoms with Crippen molar-refractivity contribution in [2.75, 3.05) is 13.2 Å². The van der Waals surface area contributed by atoms with E-state index in [-0.39, 0.29) is 18.6 Å². The summed E-state index contributed by atoms with van der Waals surface area (Å²) < 4.78 is 0. The second-order valence-electron chi connectivity index (χ2n) is 5.06. The minimum atomic E-state index is 0.00984. The molecular weight excluding hydrogens is 164 g/mol. The van der Waals surface area contributed by atoms with Crippen LogP contribution in [0.1, 0.15) is 32.6 Å². The number of hydrogen-bond donors (Lipinski definition) is 2. The first-order valence-electron chi connectivity index (χ1n) is 5.44. The lowest BCUT2D eigenvalue weighted by Crippen LogP contribution is -2.51. The van der Waals surface area contributed by atoms with Gasteiger partial charge < -0.3 is 10.2 Å². The molecule has 0 aromatic carbocycles. The van der Waals surface area contributed by atoms with E-state index in [4.69, 9.17) is 0 Å². The molecule has 3 aliphatic rings. The van der Waals surface area contributed by atoms with Crippen molar-refractivity contribution in [1.29, 1.82) is 0 Å². The van der Waals surface area contributed by atoms with E-state index in [1.165, 1.54) is 25.7 Å². The molecule has 2 nitrogen and oxygen atoms in total. The minimum absolute atomic E-state index is 0.00984. The van der Waals surface area contributed by atoms with Gasteiger partial charge in [0.05, 0.1) is 0 Å². The molecule has 0 amide bonds. The van der Waals surface area contributed by atoms with Gasteiger partial charge in [0.2, 0.25) is 0 Å². The Morgan fingerprint density at radius 1 is 1.15 bits per heavy atom. The average molecular weight is 184 g/mol. The quantitative estimate of drug-likeness (QED) is 0.681. The monoisotopic (exact) mass is 184 g/mol. The first-order chi connectivity index (χ1) is 6.22. The smallest absolute Gasteiger partial charge is 0.0491 e. The van der Waals surface area contributed by atoms with Crippen molar-refractivity contribution in [3.8, 4) is 0 Å². The summed E-state index contributed by atoms with van der Waals surface area (Å²) in [6, 6.07) is 0. The van der Waals surface area contributed by atoms with Gasteiger partial charge >= 0.3 is 0 Å². The predicted molar refractivity (Wildman–Crippen MR) is 51.2 cm³/mol. The van der Waals surface area contributed by atoms with Crippen molar-refractivity contribution in [3.05, 3.63) is 0 Å². The van der Waals surface area contributed by atoms with E-state index in [0.717, 1.165) is 0 Å². The molecule has 2 N–H and O–H groups in total. The lowest BCUT2D eigenvalue weighted by molar-refractivity contribution is -0.105. The Kier molecular flexibility index (Phi) is 2.37. The highest BCUT2D eigenvalue weighted by molar-refractivity contribution is 4.99. The maximum absolute atomic E-state index is 9.46. The summed E-state index contributed by atoms with van der Waals surface area (Å²) >= 11 is 0. The molecule has 0 radical (unpaired) electrons. The van der Waals surface area contributed by atoms with Gasteiger partial charge in [-0.2, -0.15) is 0 Å². The molecule has 0 unspecified atom stereocenters. The Hall–Kier alpha value is -0.0800. The fraction of sp³-hybridized carbons (Fsp3) is 1.00. The summed E-state index contributed by atoms with van der Waals surface area (Å²) in [5.41, 5.74) is 0.00984. The summed E-state index contributed by atoms with van der Waals surface area (Å²) in [5.74, 6) is 1.68. The lowest BCUT2D eigenvalue weighted by Gasteiger charge is -2.54. The molecule has 0 spiro atoms. The zero-order chi connectivity index (χ0) is 9.47. The third-order valence-electron chi connectivity index (χ3n) is 4.66. The molecule has 0 heterocycles. The molecule has 2 atom stereocenters. The van der Waals surface area contributed by atoms with Crippen LogP contribution in [0.25, 0.3) is 0 Å². The van der Waals surface area contributed by atoms with Crippen LogP contribution in [0, 0.1) is 23.2 Å². The lowest BCUT2D eigenvalue weighted by atomic mass is 9.51. The number of fused-ring (bicyclic) bond motifs is 3. The maximum atomic E-state index is 9.46.